The maximum Gasteiger partial charge on any atom is 0.0810 e. The van der Waals surface area contributed by atoms with Gasteiger partial charge in [0, 0.05) is 13.2 Å². The third kappa shape index (κ3) is 4.18. The van der Waals surface area contributed by atoms with E-state index in [0.717, 1.165) is 15.8 Å². The molecule has 0 aliphatic rings. The molecule has 0 aromatic rings. The second-order valence-corrected chi connectivity index (χ2v) is 2.91. The first kappa shape index (κ1) is 7.33. The van der Waals surface area contributed by atoms with Gasteiger partial charge in [0.15, 0.2) is 0 Å². The predicted molar refractivity (Wildman–Crippen MR) is 37.8 cm³/mol. The van der Waals surface area contributed by atoms with Crippen molar-refractivity contribution < 1.29 is 0 Å². The Bertz CT molecular complexity index is 73.3. The van der Waals surface area contributed by atoms with Crippen LogP contribution >= 0.6 is 27.9 Å². The van der Waals surface area contributed by atoms with E-state index in [4.69, 9.17) is 5.14 Å². The minimum absolute atomic E-state index is 0.898. The van der Waals surface area contributed by atoms with Gasteiger partial charge >= 0.3 is 0 Å². The van der Waals surface area contributed by atoms with E-state index in [2.05, 4.69) is 21.2 Å². The van der Waals surface area contributed by atoms with Gasteiger partial charge in [0.05, 0.1) is 3.81 Å². The molecule has 0 rings (SSSR count). The van der Waals surface area contributed by atoms with Gasteiger partial charge in [-0.25, -0.2) is 0 Å². The van der Waals surface area contributed by atoms with E-state index in [1.165, 1.54) is 0 Å². The number of halogens is 1. The van der Waals surface area contributed by atoms with Gasteiger partial charge in [-0.2, -0.15) is 0 Å². The molecule has 0 aromatic carbocycles. The average molecular weight is 183 g/mol. The number of nitrogens with two attached hydrogens (primary N) is 1. The van der Waals surface area contributed by atoms with Crippen LogP contribution in [0.2, 0.25) is 0 Å². The van der Waals surface area contributed by atoms with E-state index in [-0.39, 0.29) is 0 Å². The zero-order valence-electron chi connectivity index (χ0n) is 3.94. The topological polar surface area (TPSA) is 38.0 Å². The van der Waals surface area contributed by atoms with Crippen LogP contribution in [0, 0.1) is 0 Å². The summed E-state index contributed by atoms with van der Waals surface area (Å²) in [6.07, 6.45) is 1.77. The Balaban J connectivity index is 3.29. The summed E-state index contributed by atoms with van der Waals surface area (Å²) < 4.78 is 0.898. The molecule has 0 bridgehead atoms. The molecule has 0 aliphatic carbocycles. The van der Waals surface area contributed by atoms with Crippen LogP contribution in [0.3, 0.4) is 0 Å². The van der Waals surface area contributed by atoms with Crippen molar-refractivity contribution in [1.29, 1.82) is 0 Å². The lowest BCUT2D eigenvalue weighted by Crippen LogP contribution is -1.92. The normalized spacial score (nSPS) is 11.6. The molecule has 4 heteroatoms. The first-order valence-electron chi connectivity index (χ1n) is 1.71. The number of rotatable bonds is 2. The summed E-state index contributed by atoms with van der Waals surface area (Å²) in [5.74, 6) is 0. The molecule has 0 aromatic heterocycles. The standard InChI is InChI=1S/C3H7BrN2S/c1-6-2-3(4)7-5/h2,6H,5H2,1H3/b3-2-. The zero-order valence-corrected chi connectivity index (χ0v) is 6.34. The summed E-state index contributed by atoms with van der Waals surface area (Å²) in [7, 11) is 1.82. The highest BCUT2D eigenvalue weighted by molar-refractivity contribution is 9.14. The molecular weight excluding hydrogens is 176 g/mol. The Kier molecular flexibility index (Phi) is 4.70. The Morgan fingerprint density at radius 3 is 2.71 bits per heavy atom. The average Bonchev–Trinajstić information content (AvgIpc) is 1.68. The lowest BCUT2D eigenvalue weighted by molar-refractivity contribution is 1.11. The van der Waals surface area contributed by atoms with Crippen LogP contribution in [0.4, 0.5) is 0 Å². The van der Waals surface area contributed by atoms with E-state index in [1.807, 2.05) is 7.05 Å². The van der Waals surface area contributed by atoms with Crippen molar-refractivity contribution in [1.82, 2.24) is 5.32 Å². The molecule has 0 saturated carbocycles. The highest BCUT2D eigenvalue weighted by Gasteiger charge is 1.80. The third-order valence-corrected chi connectivity index (χ3v) is 1.50. The maximum absolute atomic E-state index is 5.12. The lowest BCUT2D eigenvalue weighted by Gasteiger charge is -1.88. The second kappa shape index (κ2) is 4.49. The Morgan fingerprint density at radius 2 is 2.57 bits per heavy atom. The minimum Gasteiger partial charge on any atom is -0.393 e. The van der Waals surface area contributed by atoms with Gasteiger partial charge in [-0.15, -0.1) is 0 Å². The molecule has 42 valence electrons. The number of hydrogen-bond acceptors (Lipinski definition) is 3. The summed E-state index contributed by atoms with van der Waals surface area (Å²) >= 11 is 4.34. The summed E-state index contributed by atoms with van der Waals surface area (Å²) in [5, 5.41) is 7.93. The van der Waals surface area contributed by atoms with E-state index in [0.29, 0.717) is 0 Å². The molecule has 2 nitrogen and oxygen atoms in total. The lowest BCUT2D eigenvalue weighted by atomic mass is 11.0. The summed E-state index contributed by atoms with van der Waals surface area (Å²) in [5.41, 5.74) is 0. The molecule has 0 heterocycles. The van der Waals surface area contributed by atoms with Gasteiger partial charge in [-0.1, -0.05) is 0 Å². The monoisotopic (exact) mass is 182 g/mol. The fraction of sp³-hybridized carbons (Fsp3) is 0.333. The first-order chi connectivity index (χ1) is 3.31. The van der Waals surface area contributed by atoms with Crippen molar-refractivity contribution in [2.24, 2.45) is 5.14 Å². The fourth-order valence-corrected chi connectivity index (χ4v) is 0.562. The van der Waals surface area contributed by atoms with Gasteiger partial charge in [0.25, 0.3) is 0 Å². The van der Waals surface area contributed by atoms with Crippen LogP contribution in [0.15, 0.2) is 10.0 Å². The number of hydrogen-bond donors (Lipinski definition) is 2. The molecule has 0 spiro atoms. The second-order valence-electron chi connectivity index (χ2n) is 0.855. The SMILES string of the molecule is CN/C=C(/Br)SN. The smallest absolute Gasteiger partial charge is 0.0810 e. The van der Waals surface area contributed by atoms with Gasteiger partial charge < -0.3 is 5.32 Å². The highest BCUT2D eigenvalue weighted by atomic mass is 79.9. The van der Waals surface area contributed by atoms with E-state index in [1.54, 1.807) is 6.20 Å². The Labute approximate surface area is 55.8 Å². The molecule has 3 N–H and O–H groups in total. The van der Waals surface area contributed by atoms with Crippen LogP contribution < -0.4 is 10.5 Å². The summed E-state index contributed by atoms with van der Waals surface area (Å²) in [6.45, 7) is 0. The number of nitrogens with one attached hydrogen (secondary N) is 1. The van der Waals surface area contributed by atoms with Crippen LogP contribution in [0.5, 0.6) is 0 Å². The molecule has 0 aliphatic heterocycles. The van der Waals surface area contributed by atoms with Crippen LogP contribution in [-0.4, -0.2) is 7.05 Å². The van der Waals surface area contributed by atoms with Crippen molar-refractivity contribution in [3.63, 3.8) is 0 Å². The van der Waals surface area contributed by atoms with E-state index >= 15 is 0 Å². The Hall–Kier alpha value is 0.330. The predicted octanol–water partition coefficient (Wildman–Crippen LogP) is 1.01. The molecule has 0 unspecified atom stereocenters. The molecular formula is C3H7BrN2S. The van der Waals surface area contributed by atoms with Crippen molar-refractivity contribution in [3.8, 4) is 0 Å². The molecule has 7 heavy (non-hydrogen) atoms. The highest BCUT2D eigenvalue weighted by Crippen LogP contribution is 2.13. The van der Waals surface area contributed by atoms with Crippen molar-refractivity contribution in [2.45, 2.75) is 0 Å². The quantitative estimate of drug-likeness (QED) is 0.627. The summed E-state index contributed by atoms with van der Waals surface area (Å²) in [6, 6.07) is 0. The van der Waals surface area contributed by atoms with Gasteiger partial charge in [-0.3, -0.25) is 5.14 Å². The first-order valence-corrected chi connectivity index (χ1v) is 3.38. The third-order valence-electron chi connectivity index (χ3n) is 0.370. The van der Waals surface area contributed by atoms with Gasteiger partial charge in [0.1, 0.15) is 0 Å². The van der Waals surface area contributed by atoms with E-state index < -0.39 is 0 Å². The van der Waals surface area contributed by atoms with Crippen LogP contribution in [0.25, 0.3) is 0 Å². The fourth-order valence-electron chi connectivity index (χ4n) is 0.148. The van der Waals surface area contributed by atoms with E-state index in [9.17, 15) is 0 Å². The minimum atomic E-state index is 0.898. The summed E-state index contributed by atoms with van der Waals surface area (Å²) in [4.78, 5) is 0. The molecule has 0 saturated heterocycles. The molecule has 0 radical (unpaired) electrons. The van der Waals surface area contributed by atoms with Crippen LogP contribution in [-0.2, 0) is 0 Å². The largest absolute Gasteiger partial charge is 0.393 e. The van der Waals surface area contributed by atoms with Crippen molar-refractivity contribution in [2.75, 3.05) is 7.05 Å². The van der Waals surface area contributed by atoms with Crippen molar-refractivity contribution >= 4 is 27.9 Å². The molecule has 0 atom stereocenters. The van der Waals surface area contributed by atoms with Gasteiger partial charge in [0.2, 0.25) is 0 Å². The molecule has 0 amide bonds. The zero-order chi connectivity index (χ0) is 5.70. The van der Waals surface area contributed by atoms with Gasteiger partial charge in [-0.05, 0) is 27.9 Å². The van der Waals surface area contributed by atoms with Crippen molar-refractivity contribution in [3.05, 3.63) is 10.0 Å². The Morgan fingerprint density at radius 1 is 2.00 bits per heavy atom. The van der Waals surface area contributed by atoms with Crippen LogP contribution in [0.1, 0.15) is 0 Å². The molecule has 0 fully saturated rings. The maximum atomic E-state index is 5.12.